The van der Waals surface area contributed by atoms with Gasteiger partial charge in [0, 0.05) is 24.7 Å². The van der Waals surface area contributed by atoms with Crippen LogP contribution < -0.4 is 5.32 Å². The number of nitrogens with one attached hydrogen (secondary N) is 1. The molecule has 15 heavy (non-hydrogen) atoms. The summed E-state index contributed by atoms with van der Waals surface area (Å²) < 4.78 is 0. The molecule has 90 valence electrons. The van der Waals surface area contributed by atoms with Gasteiger partial charge in [-0.15, -0.1) is 0 Å². The van der Waals surface area contributed by atoms with E-state index in [0.717, 1.165) is 19.1 Å². The van der Waals surface area contributed by atoms with E-state index in [-0.39, 0.29) is 5.54 Å². The largest absolute Gasteiger partial charge is 0.311 e. The molecule has 1 N–H and O–H groups in total. The summed E-state index contributed by atoms with van der Waals surface area (Å²) >= 11 is 0. The molecule has 0 spiro atoms. The van der Waals surface area contributed by atoms with Crippen LogP contribution in [0.25, 0.3) is 0 Å². The molecular weight excluding hydrogens is 186 g/mol. The number of nitrogens with zero attached hydrogens (tertiary/aromatic N) is 2. The van der Waals surface area contributed by atoms with E-state index < -0.39 is 0 Å². The van der Waals surface area contributed by atoms with Gasteiger partial charge in [-0.1, -0.05) is 6.92 Å². The zero-order valence-corrected chi connectivity index (χ0v) is 11.0. The second-order valence-electron chi connectivity index (χ2n) is 5.56. The minimum Gasteiger partial charge on any atom is -0.311 e. The molecule has 1 saturated heterocycles. The second kappa shape index (κ2) is 5.28. The van der Waals surface area contributed by atoms with Crippen LogP contribution in [0.1, 0.15) is 27.2 Å². The summed E-state index contributed by atoms with van der Waals surface area (Å²) in [6.45, 7) is 11.4. The van der Waals surface area contributed by atoms with Crippen LogP contribution in [0.4, 0.5) is 0 Å². The fourth-order valence-electron chi connectivity index (χ4n) is 2.47. The van der Waals surface area contributed by atoms with Crippen molar-refractivity contribution < 1.29 is 0 Å². The lowest BCUT2D eigenvalue weighted by Gasteiger charge is -2.31. The third kappa shape index (κ3) is 4.09. The van der Waals surface area contributed by atoms with Crippen molar-refractivity contribution in [2.75, 3.05) is 40.3 Å². The van der Waals surface area contributed by atoms with E-state index in [1.54, 1.807) is 0 Å². The Balaban J connectivity index is 2.35. The first-order valence-corrected chi connectivity index (χ1v) is 6.08. The van der Waals surface area contributed by atoms with Crippen LogP contribution in [-0.2, 0) is 0 Å². The lowest BCUT2D eigenvalue weighted by atomic mass is 10.1. The quantitative estimate of drug-likeness (QED) is 0.735. The van der Waals surface area contributed by atoms with Gasteiger partial charge in [0.25, 0.3) is 0 Å². The third-order valence-electron chi connectivity index (χ3n) is 3.25. The van der Waals surface area contributed by atoms with Crippen LogP contribution in [0.15, 0.2) is 0 Å². The minimum absolute atomic E-state index is 0.246. The average Bonchev–Trinajstić information content (AvgIpc) is 2.51. The van der Waals surface area contributed by atoms with Crippen molar-refractivity contribution in [2.24, 2.45) is 0 Å². The van der Waals surface area contributed by atoms with Crippen molar-refractivity contribution in [1.82, 2.24) is 15.1 Å². The Morgan fingerprint density at radius 1 is 1.40 bits per heavy atom. The maximum atomic E-state index is 3.54. The van der Waals surface area contributed by atoms with Crippen molar-refractivity contribution in [3.8, 4) is 0 Å². The van der Waals surface area contributed by atoms with Crippen LogP contribution in [0.3, 0.4) is 0 Å². The van der Waals surface area contributed by atoms with Gasteiger partial charge in [-0.25, -0.2) is 0 Å². The Kier molecular flexibility index (Phi) is 4.56. The highest BCUT2D eigenvalue weighted by Gasteiger charge is 2.28. The molecule has 0 bridgehead atoms. The van der Waals surface area contributed by atoms with Gasteiger partial charge in [-0.3, -0.25) is 4.90 Å². The van der Waals surface area contributed by atoms with Gasteiger partial charge in [-0.2, -0.15) is 0 Å². The summed E-state index contributed by atoms with van der Waals surface area (Å²) in [5.41, 5.74) is 0.246. The summed E-state index contributed by atoms with van der Waals surface area (Å²) in [5, 5.41) is 3.54. The molecule has 1 fully saturated rings. The van der Waals surface area contributed by atoms with Gasteiger partial charge in [0.1, 0.15) is 0 Å². The average molecular weight is 213 g/mol. The summed E-state index contributed by atoms with van der Waals surface area (Å²) in [5.74, 6) is 0. The topological polar surface area (TPSA) is 18.5 Å². The molecule has 0 amide bonds. The van der Waals surface area contributed by atoms with Gasteiger partial charge in [0.15, 0.2) is 0 Å². The van der Waals surface area contributed by atoms with Gasteiger partial charge in [0.05, 0.1) is 0 Å². The van der Waals surface area contributed by atoms with E-state index in [9.17, 15) is 0 Å². The Morgan fingerprint density at radius 3 is 2.53 bits per heavy atom. The summed E-state index contributed by atoms with van der Waals surface area (Å²) in [4.78, 5) is 4.92. The molecule has 0 radical (unpaired) electrons. The first kappa shape index (κ1) is 12.9. The van der Waals surface area contributed by atoms with E-state index >= 15 is 0 Å². The Morgan fingerprint density at radius 2 is 2.07 bits per heavy atom. The van der Waals surface area contributed by atoms with Crippen molar-refractivity contribution in [2.45, 2.75) is 38.8 Å². The Labute approximate surface area is 94.8 Å². The van der Waals surface area contributed by atoms with E-state index in [1.807, 2.05) is 0 Å². The van der Waals surface area contributed by atoms with Gasteiger partial charge in [-0.05, 0) is 47.5 Å². The molecule has 0 saturated carbocycles. The van der Waals surface area contributed by atoms with Crippen LogP contribution in [0.2, 0.25) is 0 Å². The molecule has 0 aliphatic carbocycles. The maximum Gasteiger partial charge on any atom is 0.0252 e. The molecule has 1 aliphatic heterocycles. The minimum atomic E-state index is 0.246. The van der Waals surface area contributed by atoms with Crippen molar-refractivity contribution in [3.63, 3.8) is 0 Å². The van der Waals surface area contributed by atoms with Crippen molar-refractivity contribution in [3.05, 3.63) is 0 Å². The number of hydrogen-bond acceptors (Lipinski definition) is 3. The molecule has 0 aromatic carbocycles. The smallest absolute Gasteiger partial charge is 0.0252 e. The highest BCUT2D eigenvalue weighted by Crippen LogP contribution is 2.16. The lowest BCUT2D eigenvalue weighted by molar-refractivity contribution is 0.217. The standard InChI is InChI=1S/C12H27N3/c1-6-13-12(2,3)10-15-8-7-11(9-15)14(4)5/h11,13H,6-10H2,1-5H3. The number of likely N-dealkylation sites (N-methyl/N-ethyl adjacent to an activating group) is 2. The first-order valence-electron chi connectivity index (χ1n) is 6.08. The lowest BCUT2D eigenvalue weighted by Crippen LogP contribution is -2.49. The monoisotopic (exact) mass is 213 g/mol. The van der Waals surface area contributed by atoms with Gasteiger partial charge >= 0.3 is 0 Å². The molecule has 1 rings (SSSR count). The number of likely N-dealkylation sites (tertiary alicyclic amines) is 1. The van der Waals surface area contributed by atoms with E-state index in [4.69, 9.17) is 0 Å². The SMILES string of the molecule is CCNC(C)(C)CN1CCC(N(C)C)C1. The normalized spacial score (nSPS) is 24.0. The van der Waals surface area contributed by atoms with Crippen LogP contribution in [0, 0.1) is 0 Å². The van der Waals surface area contributed by atoms with Crippen molar-refractivity contribution >= 4 is 0 Å². The van der Waals surface area contributed by atoms with Gasteiger partial charge < -0.3 is 10.2 Å². The maximum absolute atomic E-state index is 3.54. The van der Waals surface area contributed by atoms with E-state index in [0.29, 0.717) is 0 Å². The molecule has 3 heteroatoms. The van der Waals surface area contributed by atoms with Crippen LogP contribution in [0.5, 0.6) is 0 Å². The zero-order valence-electron chi connectivity index (χ0n) is 11.0. The second-order valence-corrected chi connectivity index (χ2v) is 5.56. The molecule has 1 heterocycles. The highest BCUT2D eigenvalue weighted by atomic mass is 15.2. The summed E-state index contributed by atoms with van der Waals surface area (Å²) in [6, 6.07) is 0.752. The van der Waals surface area contributed by atoms with Crippen LogP contribution in [-0.4, -0.2) is 61.7 Å². The number of rotatable bonds is 5. The van der Waals surface area contributed by atoms with E-state index in [1.165, 1.54) is 19.5 Å². The Hall–Kier alpha value is -0.120. The molecule has 1 atom stereocenters. The molecule has 3 nitrogen and oxygen atoms in total. The first-order chi connectivity index (χ1) is 6.94. The number of hydrogen-bond donors (Lipinski definition) is 1. The fourth-order valence-corrected chi connectivity index (χ4v) is 2.47. The fraction of sp³-hybridized carbons (Fsp3) is 1.00. The predicted molar refractivity (Wildman–Crippen MR) is 66.3 cm³/mol. The zero-order chi connectivity index (χ0) is 11.5. The molecule has 1 aliphatic rings. The van der Waals surface area contributed by atoms with E-state index in [2.05, 4.69) is 50.0 Å². The Bertz CT molecular complexity index is 189. The predicted octanol–water partition coefficient (Wildman–Crippen LogP) is 1.01. The molecule has 0 aromatic rings. The summed E-state index contributed by atoms with van der Waals surface area (Å²) in [7, 11) is 4.37. The van der Waals surface area contributed by atoms with Gasteiger partial charge in [0.2, 0.25) is 0 Å². The molecule has 0 aromatic heterocycles. The molecular formula is C12H27N3. The summed E-state index contributed by atoms with van der Waals surface area (Å²) in [6.07, 6.45) is 1.31. The molecule has 1 unspecified atom stereocenters. The third-order valence-corrected chi connectivity index (χ3v) is 3.25. The highest BCUT2D eigenvalue weighted by molar-refractivity contribution is 4.87. The van der Waals surface area contributed by atoms with Crippen LogP contribution >= 0.6 is 0 Å². The van der Waals surface area contributed by atoms with Crippen molar-refractivity contribution in [1.29, 1.82) is 0 Å².